The van der Waals surface area contributed by atoms with E-state index in [9.17, 15) is 18.3 Å². The normalized spacial score (nSPS) is 13.0. The van der Waals surface area contributed by atoms with Gasteiger partial charge in [-0.2, -0.15) is 0 Å². The summed E-state index contributed by atoms with van der Waals surface area (Å²) >= 11 is 0. The van der Waals surface area contributed by atoms with Crippen molar-refractivity contribution in [3.63, 3.8) is 0 Å². The Hall–Kier alpha value is -1.60. The summed E-state index contributed by atoms with van der Waals surface area (Å²) in [5, 5.41) is 10.6. The first-order chi connectivity index (χ1) is 8.77. The van der Waals surface area contributed by atoms with Crippen molar-refractivity contribution in [1.82, 2.24) is 4.72 Å². The van der Waals surface area contributed by atoms with Gasteiger partial charge in [-0.05, 0) is 44.5 Å². The van der Waals surface area contributed by atoms with Crippen LogP contribution in [0.4, 0.5) is 0 Å². The average molecular weight is 286 g/mol. The number of aliphatic carboxylic acids is 1. The first-order valence-corrected chi connectivity index (χ1v) is 7.23. The number of carbonyl (C=O) groups excluding carboxylic acids is 1. The lowest BCUT2D eigenvalue weighted by Gasteiger charge is -2.15. The van der Waals surface area contributed by atoms with E-state index in [1.165, 1.54) is 25.1 Å². The molecule has 0 heterocycles. The highest BCUT2D eigenvalue weighted by Crippen LogP contribution is 2.21. The summed E-state index contributed by atoms with van der Waals surface area (Å²) in [4.78, 5) is 10.5. The molecule has 0 amide bonds. The molecule has 1 aromatic rings. The van der Waals surface area contributed by atoms with Crippen LogP contribution in [0.2, 0.25) is 0 Å². The van der Waals surface area contributed by atoms with Crippen molar-refractivity contribution in [3.8, 4) is 5.75 Å². The number of aryl methyl sites for hydroxylation is 1. The summed E-state index contributed by atoms with van der Waals surface area (Å²) in [6.45, 7) is 5.22. The van der Waals surface area contributed by atoms with E-state index in [1.807, 2.05) is 11.6 Å². The van der Waals surface area contributed by atoms with Crippen LogP contribution in [0.15, 0.2) is 23.1 Å². The van der Waals surface area contributed by atoms with Gasteiger partial charge in [0.1, 0.15) is 5.75 Å². The van der Waals surface area contributed by atoms with Crippen molar-refractivity contribution in [2.24, 2.45) is 0 Å². The molecule has 0 aliphatic heterocycles. The van der Waals surface area contributed by atoms with Gasteiger partial charge in [-0.3, -0.25) is 0 Å². The topological polar surface area (TPSA) is 95.5 Å². The molecule has 0 saturated heterocycles. The number of benzene rings is 1. The van der Waals surface area contributed by atoms with Crippen molar-refractivity contribution in [2.75, 3.05) is 6.61 Å². The molecule has 0 unspecified atom stereocenters. The molecular weight excluding hydrogens is 270 g/mol. The predicted molar refractivity (Wildman–Crippen MR) is 67.1 cm³/mol. The van der Waals surface area contributed by atoms with Gasteiger partial charge in [-0.1, -0.05) is 0 Å². The Kier molecular flexibility index (Phi) is 4.90. The van der Waals surface area contributed by atoms with Crippen LogP contribution in [-0.4, -0.2) is 27.0 Å². The van der Waals surface area contributed by atoms with Crippen molar-refractivity contribution >= 4 is 16.0 Å². The Morgan fingerprint density at radius 3 is 2.58 bits per heavy atom. The van der Waals surface area contributed by atoms with Crippen LogP contribution in [0.25, 0.3) is 0 Å². The van der Waals surface area contributed by atoms with E-state index < -0.39 is 22.0 Å². The van der Waals surface area contributed by atoms with Gasteiger partial charge in [-0.25, -0.2) is 13.1 Å². The van der Waals surface area contributed by atoms with Crippen LogP contribution < -0.4 is 14.6 Å². The van der Waals surface area contributed by atoms with Crippen molar-refractivity contribution in [2.45, 2.75) is 31.7 Å². The minimum Gasteiger partial charge on any atom is -0.548 e. The van der Waals surface area contributed by atoms with Gasteiger partial charge in [0, 0.05) is 0 Å². The smallest absolute Gasteiger partial charge is 0.241 e. The summed E-state index contributed by atoms with van der Waals surface area (Å²) in [6, 6.07) is 3.03. The minimum absolute atomic E-state index is 0.0125. The fourth-order valence-electron chi connectivity index (χ4n) is 1.46. The molecule has 0 saturated carbocycles. The summed E-state index contributed by atoms with van der Waals surface area (Å²) in [7, 11) is -3.89. The molecule has 7 heteroatoms. The molecule has 0 fully saturated rings. The maximum absolute atomic E-state index is 11.9. The second-order valence-corrected chi connectivity index (χ2v) is 5.74. The highest BCUT2D eigenvalue weighted by molar-refractivity contribution is 7.89. The average Bonchev–Trinajstić information content (AvgIpc) is 2.31. The van der Waals surface area contributed by atoms with Crippen LogP contribution in [0.5, 0.6) is 5.75 Å². The second-order valence-electron chi connectivity index (χ2n) is 4.02. The summed E-state index contributed by atoms with van der Waals surface area (Å²) < 4.78 is 31.2. The quantitative estimate of drug-likeness (QED) is 0.782. The number of nitrogens with one attached hydrogen (secondary N) is 1. The molecule has 19 heavy (non-hydrogen) atoms. The molecule has 106 valence electrons. The van der Waals surface area contributed by atoms with E-state index in [-0.39, 0.29) is 4.90 Å². The molecule has 1 aromatic carbocycles. The Morgan fingerprint density at radius 1 is 1.47 bits per heavy atom. The third kappa shape index (κ3) is 3.93. The number of carboxylic acid groups (broad SMARTS) is 1. The van der Waals surface area contributed by atoms with Crippen LogP contribution in [0.3, 0.4) is 0 Å². The van der Waals surface area contributed by atoms with E-state index >= 15 is 0 Å². The third-order valence-corrected chi connectivity index (χ3v) is 3.98. The lowest BCUT2D eigenvalue weighted by molar-refractivity contribution is -0.307. The van der Waals surface area contributed by atoms with E-state index in [0.717, 1.165) is 0 Å². The molecule has 1 N–H and O–H groups in total. The number of sulfonamides is 1. The maximum Gasteiger partial charge on any atom is 0.241 e. The van der Waals surface area contributed by atoms with Crippen molar-refractivity contribution in [1.29, 1.82) is 0 Å². The number of hydrogen-bond donors (Lipinski definition) is 1. The van der Waals surface area contributed by atoms with Gasteiger partial charge in [0.25, 0.3) is 0 Å². The van der Waals surface area contributed by atoms with E-state index in [4.69, 9.17) is 4.74 Å². The number of hydrogen-bond acceptors (Lipinski definition) is 5. The van der Waals surface area contributed by atoms with Crippen LogP contribution in [0.1, 0.15) is 19.4 Å². The molecule has 1 atom stereocenters. The minimum atomic E-state index is -3.89. The largest absolute Gasteiger partial charge is 0.548 e. The third-order valence-electron chi connectivity index (χ3n) is 2.44. The van der Waals surface area contributed by atoms with Crippen LogP contribution >= 0.6 is 0 Å². The molecular formula is C12H16NO5S-. The fourth-order valence-corrected chi connectivity index (χ4v) is 2.73. The van der Waals surface area contributed by atoms with Gasteiger partial charge < -0.3 is 14.6 Å². The zero-order valence-electron chi connectivity index (χ0n) is 11.0. The second kappa shape index (κ2) is 6.03. The molecule has 0 aliphatic rings. The zero-order valence-corrected chi connectivity index (χ0v) is 11.8. The molecule has 0 radical (unpaired) electrons. The first kappa shape index (κ1) is 15.5. The van der Waals surface area contributed by atoms with Gasteiger partial charge in [0.15, 0.2) is 0 Å². The summed E-state index contributed by atoms with van der Waals surface area (Å²) in [6.07, 6.45) is 0. The van der Waals surface area contributed by atoms with Gasteiger partial charge in [0.2, 0.25) is 10.0 Å². The first-order valence-electron chi connectivity index (χ1n) is 5.74. The maximum atomic E-state index is 11.9. The number of carbonyl (C=O) groups is 1. The molecule has 1 rings (SSSR count). The van der Waals surface area contributed by atoms with E-state index in [0.29, 0.717) is 17.9 Å². The predicted octanol–water partition coefficient (Wildman–Crippen LogP) is -0.190. The van der Waals surface area contributed by atoms with E-state index in [1.54, 1.807) is 6.92 Å². The Balaban J connectivity index is 3.02. The van der Waals surface area contributed by atoms with Crippen LogP contribution in [0, 0.1) is 6.92 Å². The number of rotatable bonds is 6. The standard InChI is InChI=1S/C12H17NO5S/c1-4-18-11-6-5-10(7-8(11)2)19(16,17)13-9(3)12(14)15/h5-7,9,13H,4H2,1-3H3,(H,14,15)/p-1/t9-/m1/s1. The van der Waals surface area contributed by atoms with Crippen molar-refractivity contribution in [3.05, 3.63) is 23.8 Å². The van der Waals surface area contributed by atoms with Crippen LogP contribution in [-0.2, 0) is 14.8 Å². The molecule has 6 nitrogen and oxygen atoms in total. The lowest BCUT2D eigenvalue weighted by atomic mass is 10.2. The highest BCUT2D eigenvalue weighted by atomic mass is 32.2. The zero-order chi connectivity index (χ0) is 14.6. The summed E-state index contributed by atoms with van der Waals surface area (Å²) in [5.74, 6) is -0.888. The molecule has 0 spiro atoms. The van der Waals surface area contributed by atoms with Gasteiger partial charge >= 0.3 is 0 Å². The van der Waals surface area contributed by atoms with Gasteiger partial charge in [-0.15, -0.1) is 0 Å². The Bertz CT molecular complexity index is 567. The monoisotopic (exact) mass is 286 g/mol. The molecule has 0 aromatic heterocycles. The molecule has 0 bridgehead atoms. The summed E-state index contributed by atoms with van der Waals surface area (Å²) in [5.41, 5.74) is 0.658. The van der Waals surface area contributed by atoms with Crippen molar-refractivity contribution < 1.29 is 23.1 Å². The highest BCUT2D eigenvalue weighted by Gasteiger charge is 2.18. The fraction of sp³-hybridized carbons (Fsp3) is 0.417. The number of carboxylic acids is 1. The molecule has 0 aliphatic carbocycles. The number of ether oxygens (including phenoxy) is 1. The van der Waals surface area contributed by atoms with Gasteiger partial charge in [0.05, 0.1) is 23.5 Å². The Morgan fingerprint density at radius 2 is 2.11 bits per heavy atom. The Labute approximate surface area is 112 Å². The SMILES string of the molecule is CCOc1ccc(S(=O)(=O)N[C@H](C)C(=O)[O-])cc1C. The van der Waals surface area contributed by atoms with E-state index in [2.05, 4.69) is 0 Å². The lowest BCUT2D eigenvalue weighted by Crippen LogP contribution is -2.45.